The maximum absolute atomic E-state index is 14.5. The maximum atomic E-state index is 14.5. The zero-order valence-electron chi connectivity index (χ0n) is 19.2. The lowest BCUT2D eigenvalue weighted by Crippen LogP contribution is -2.35. The van der Waals surface area contributed by atoms with Gasteiger partial charge in [-0.2, -0.15) is 0 Å². The molecule has 0 radical (unpaired) electrons. The zero-order chi connectivity index (χ0) is 27.2. The first kappa shape index (κ1) is 27.7. The largest absolute Gasteiger partial charge is 0.573 e. The molecule has 2 aromatic carbocycles. The van der Waals surface area contributed by atoms with E-state index in [0.29, 0.717) is 37.8 Å². The molecule has 8 nitrogen and oxygen atoms in total. The molecule has 1 saturated carbocycles. The Morgan fingerprint density at radius 3 is 2.11 bits per heavy atom. The average molecular weight is 530 g/mol. The molecule has 200 valence electrons. The summed E-state index contributed by atoms with van der Waals surface area (Å²) in [7, 11) is 0. The van der Waals surface area contributed by atoms with Crippen molar-refractivity contribution in [3.05, 3.63) is 59.2 Å². The predicted octanol–water partition coefficient (Wildman–Crippen LogP) is 4.05. The van der Waals surface area contributed by atoms with Crippen LogP contribution in [0.2, 0.25) is 0 Å². The van der Waals surface area contributed by atoms with Gasteiger partial charge in [-0.15, -0.1) is 13.2 Å². The number of carboxylic acids is 1. The first-order valence-electron chi connectivity index (χ1n) is 11.2. The van der Waals surface area contributed by atoms with E-state index in [9.17, 15) is 36.3 Å². The number of halogens is 5. The lowest BCUT2D eigenvalue weighted by Gasteiger charge is -2.26. The summed E-state index contributed by atoms with van der Waals surface area (Å²) in [5, 5.41) is 13.8. The topological polar surface area (TPSA) is 114 Å². The number of amides is 2. The van der Waals surface area contributed by atoms with Gasteiger partial charge in [0.15, 0.2) is 11.6 Å². The number of hydrogen-bond donors (Lipinski definition) is 3. The first-order chi connectivity index (χ1) is 17.4. The van der Waals surface area contributed by atoms with E-state index in [4.69, 9.17) is 9.84 Å². The molecule has 0 atom stereocenters. The van der Waals surface area contributed by atoms with Crippen LogP contribution < -0.4 is 20.1 Å². The molecule has 2 aromatic rings. The number of benzene rings is 2. The van der Waals surface area contributed by atoms with Crippen LogP contribution in [0.4, 0.5) is 22.0 Å². The van der Waals surface area contributed by atoms with Crippen molar-refractivity contribution < 1.29 is 50.9 Å². The summed E-state index contributed by atoms with van der Waals surface area (Å²) >= 11 is 0. The van der Waals surface area contributed by atoms with Crippen molar-refractivity contribution >= 4 is 17.8 Å². The Kier molecular flexibility index (Phi) is 8.90. The number of hydrogen-bond acceptors (Lipinski definition) is 5. The molecule has 0 aliphatic heterocycles. The second-order valence-electron chi connectivity index (χ2n) is 8.28. The molecule has 0 saturated heterocycles. The molecule has 37 heavy (non-hydrogen) atoms. The summed E-state index contributed by atoms with van der Waals surface area (Å²) in [5.74, 6) is -5.92. The number of nitrogens with one attached hydrogen (secondary N) is 2. The highest BCUT2D eigenvalue weighted by Crippen LogP contribution is 2.29. The highest BCUT2D eigenvalue weighted by Gasteiger charge is 2.32. The molecule has 3 N–H and O–H groups in total. The average Bonchev–Trinajstić information content (AvgIpc) is 2.82. The van der Waals surface area contributed by atoms with Gasteiger partial charge in [-0.1, -0.05) is 0 Å². The Morgan fingerprint density at radius 1 is 0.892 bits per heavy atom. The van der Waals surface area contributed by atoms with E-state index in [1.54, 1.807) is 0 Å². The van der Waals surface area contributed by atoms with Crippen LogP contribution in [0.5, 0.6) is 11.5 Å². The molecule has 1 aliphatic rings. The van der Waals surface area contributed by atoms with E-state index in [1.165, 1.54) is 12.1 Å². The molecule has 3 rings (SSSR count). The lowest BCUT2D eigenvalue weighted by molar-refractivity contribution is -0.275. The Labute approximate surface area is 207 Å². The molecule has 0 heterocycles. The number of aliphatic carboxylic acids is 1. The minimum absolute atomic E-state index is 0.118. The molecule has 0 spiro atoms. The van der Waals surface area contributed by atoms with Crippen LogP contribution in [0.1, 0.15) is 46.4 Å². The van der Waals surface area contributed by atoms with Crippen LogP contribution in [0.3, 0.4) is 0 Å². The smallest absolute Gasteiger partial charge is 0.490 e. The molecule has 1 aliphatic carbocycles. The van der Waals surface area contributed by atoms with Gasteiger partial charge in [0.2, 0.25) is 0 Å². The second kappa shape index (κ2) is 11.9. The Hall–Kier alpha value is -3.90. The minimum atomic E-state index is -5.08. The molecule has 0 unspecified atom stereocenters. The Morgan fingerprint density at radius 2 is 1.54 bits per heavy atom. The number of rotatable bonds is 9. The third kappa shape index (κ3) is 8.05. The number of alkyl halides is 3. The summed E-state index contributed by atoms with van der Waals surface area (Å²) in [6.45, 7) is -0.248. The zero-order valence-corrected chi connectivity index (χ0v) is 19.2. The normalized spacial score (nSPS) is 17.5. The summed E-state index contributed by atoms with van der Waals surface area (Å²) < 4.78 is 74.0. The van der Waals surface area contributed by atoms with Crippen molar-refractivity contribution in [1.29, 1.82) is 0 Å². The number of carbonyl (C=O) groups is 3. The van der Waals surface area contributed by atoms with Crippen molar-refractivity contribution in [2.45, 2.75) is 38.1 Å². The summed E-state index contributed by atoms with van der Waals surface area (Å²) in [4.78, 5) is 35.3. The van der Waals surface area contributed by atoms with Gasteiger partial charge in [-0.3, -0.25) is 14.4 Å². The lowest BCUT2D eigenvalue weighted by atomic mass is 9.87. The molecule has 13 heteroatoms. The van der Waals surface area contributed by atoms with E-state index in [1.807, 2.05) is 0 Å². The summed E-state index contributed by atoms with van der Waals surface area (Å²) in [6.07, 6.45) is -3.37. The van der Waals surface area contributed by atoms with E-state index < -0.39 is 47.4 Å². The first-order valence-corrected chi connectivity index (χ1v) is 11.2. The molecule has 0 aromatic heterocycles. The summed E-state index contributed by atoms with van der Waals surface area (Å²) in [6, 6.07) is 5.89. The van der Waals surface area contributed by atoms with Crippen LogP contribution in [-0.2, 0) is 4.79 Å². The maximum Gasteiger partial charge on any atom is 0.573 e. The van der Waals surface area contributed by atoms with E-state index in [-0.39, 0.29) is 36.1 Å². The van der Waals surface area contributed by atoms with Gasteiger partial charge in [0, 0.05) is 24.7 Å². The van der Waals surface area contributed by atoms with Gasteiger partial charge < -0.3 is 25.2 Å². The molecule has 1 fully saturated rings. The minimum Gasteiger partial charge on any atom is -0.490 e. The standard InChI is InChI=1S/C24H23F5N2O6/c25-18-12-16(36-15-4-1-13(2-5-15)23(34)35)6-7-17(18)22(33)31-10-9-30-21(32)14-3-8-20(19(26)11-14)37-24(27,28)29/h3,6-8,11-13,15H,1-2,4-5,9-10H2,(H,30,32)(H,31,33)(H,34,35). The van der Waals surface area contributed by atoms with Crippen molar-refractivity contribution in [2.75, 3.05) is 13.1 Å². The third-order valence-corrected chi connectivity index (χ3v) is 5.63. The van der Waals surface area contributed by atoms with Crippen LogP contribution in [0.15, 0.2) is 36.4 Å². The predicted molar refractivity (Wildman–Crippen MR) is 118 cm³/mol. The fraction of sp³-hybridized carbons (Fsp3) is 0.375. The van der Waals surface area contributed by atoms with Crippen LogP contribution in [-0.4, -0.2) is 48.4 Å². The van der Waals surface area contributed by atoms with Crippen molar-refractivity contribution in [3.63, 3.8) is 0 Å². The fourth-order valence-corrected chi connectivity index (χ4v) is 3.77. The van der Waals surface area contributed by atoms with Crippen LogP contribution in [0, 0.1) is 17.6 Å². The van der Waals surface area contributed by atoms with E-state index >= 15 is 0 Å². The van der Waals surface area contributed by atoms with Crippen molar-refractivity contribution in [3.8, 4) is 11.5 Å². The fourth-order valence-electron chi connectivity index (χ4n) is 3.77. The Balaban J connectivity index is 1.44. The van der Waals surface area contributed by atoms with Gasteiger partial charge in [-0.05, 0) is 56.0 Å². The van der Waals surface area contributed by atoms with Gasteiger partial charge in [0.05, 0.1) is 17.6 Å². The van der Waals surface area contributed by atoms with E-state index in [2.05, 4.69) is 15.4 Å². The van der Waals surface area contributed by atoms with Gasteiger partial charge in [0.1, 0.15) is 11.6 Å². The van der Waals surface area contributed by atoms with Crippen molar-refractivity contribution in [1.82, 2.24) is 10.6 Å². The van der Waals surface area contributed by atoms with Crippen molar-refractivity contribution in [2.24, 2.45) is 5.92 Å². The number of ether oxygens (including phenoxy) is 2. The quantitative estimate of drug-likeness (QED) is 0.333. The highest BCUT2D eigenvalue weighted by atomic mass is 19.4. The van der Waals surface area contributed by atoms with Gasteiger partial charge in [-0.25, -0.2) is 8.78 Å². The van der Waals surface area contributed by atoms with Gasteiger partial charge in [0.25, 0.3) is 11.8 Å². The second-order valence-corrected chi connectivity index (χ2v) is 8.28. The van der Waals surface area contributed by atoms with Gasteiger partial charge >= 0.3 is 12.3 Å². The van der Waals surface area contributed by atoms with Crippen LogP contribution in [0.25, 0.3) is 0 Å². The molecule has 2 amide bonds. The number of carbonyl (C=O) groups excluding carboxylic acids is 2. The Bertz CT molecular complexity index is 1150. The third-order valence-electron chi connectivity index (χ3n) is 5.63. The number of carboxylic acid groups (broad SMARTS) is 1. The highest BCUT2D eigenvalue weighted by molar-refractivity contribution is 5.95. The van der Waals surface area contributed by atoms with Crippen LogP contribution >= 0.6 is 0 Å². The molecule has 0 bridgehead atoms. The monoisotopic (exact) mass is 530 g/mol. The summed E-state index contributed by atoms with van der Waals surface area (Å²) in [5.41, 5.74) is -0.535. The molecular weight excluding hydrogens is 507 g/mol. The molecular formula is C24H23F5N2O6. The SMILES string of the molecule is O=C(NCCNC(=O)c1ccc(OC2CCC(C(=O)O)CC2)cc1F)c1ccc(OC(F)(F)F)c(F)c1. The van der Waals surface area contributed by atoms with E-state index in [0.717, 1.165) is 12.1 Å².